The van der Waals surface area contributed by atoms with Crippen molar-refractivity contribution >= 4 is 52.5 Å². The number of imide groups is 1. The van der Waals surface area contributed by atoms with Crippen LogP contribution in [0.2, 0.25) is 10.0 Å². The fraction of sp³-hybridized carbons (Fsp3) is 0.304. The van der Waals surface area contributed by atoms with Crippen molar-refractivity contribution in [2.24, 2.45) is 17.6 Å². The van der Waals surface area contributed by atoms with Crippen LogP contribution in [0.25, 0.3) is 0 Å². The van der Waals surface area contributed by atoms with Crippen molar-refractivity contribution in [3.05, 3.63) is 63.1 Å². The maximum Gasteiger partial charge on any atom is 0.291 e. The van der Waals surface area contributed by atoms with Crippen LogP contribution < -0.4 is 16.4 Å². The first-order valence-electron chi connectivity index (χ1n) is 10.5. The van der Waals surface area contributed by atoms with E-state index in [9.17, 15) is 19.2 Å². The van der Waals surface area contributed by atoms with Gasteiger partial charge in [-0.15, -0.1) is 0 Å². The van der Waals surface area contributed by atoms with Crippen molar-refractivity contribution < 1.29 is 24.5 Å². The molecule has 2 aromatic rings. The topological polar surface area (TPSA) is 126 Å². The van der Waals surface area contributed by atoms with Gasteiger partial charge in [0.25, 0.3) is 5.91 Å². The molecule has 0 bridgehead atoms. The molecule has 0 aromatic heterocycles. The highest BCUT2D eigenvalue weighted by molar-refractivity contribution is 6.31. The van der Waals surface area contributed by atoms with Gasteiger partial charge in [0.15, 0.2) is 0 Å². The van der Waals surface area contributed by atoms with Crippen molar-refractivity contribution in [2.45, 2.75) is 31.5 Å². The van der Waals surface area contributed by atoms with Crippen LogP contribution in [0, 0.1) is 18.8 Å². The van der Waals surface area contributed by atoms with Gasteiger partial charge in [0, 0.05) is 15.6 Å². The first-order chi connectivity index (χ1) is 15.6. The molecule has 0 aliphatic carbocycles. The van der Waals surface area contributed by atoms with Crippen molar-refractivity contribution in [2.75, 3.05) is 5.32 Å². The van der Waals surface area contributed by atoms with Crippen LogP contribution in [0.5, 0.6) is 0 Å². The van der Waals surface area contributed by atoms with E-state index >= 15 is 0 Å². The monoisotopic (exact) mass is 487 g/mol. The Kier molecular flexibility index (Phi) is 5.00. The van der Waals surface area contributed by atoms with E-state index in [4.69, 9.17) is 28.9 Å². The number of likely N-dealkylation sites (tertiary alicyclic amines) is 1. The van der Waals surface area contributed by atoms with Gasteiger partial charge in [0.2, 0.25) is 23.3 Å². The number of primary amides is 1. The van der Waals surface area contributed by atoms with Crippen molar-refractivity contribution in [1.29, 1.82) is 0 Å². The zero-order chi connectivity index (χ0) is 23.7. The molecule has 3 aliphatic rings. The molecule has 1 spiro atoms. The molecule has 2 fully saturated rings. The number of nitrogens with one attached hydrogen (secondary N) is 1. The highest BCUT2D eigenvalue weighted by atomic mass is 35.5. The lowest BCUT2D eigenvalue weighted by atomic mass is 9.76. The molecule has 10 heteroatoms. The first kappa shape index (κ1) is 21.9. The number of aryl methyl sites for hydroxylation is 1. The number of nitrogens with two attached hydrogens (primary N) is 2. The normalized spacial score (nSPS) is 27.8. The number of fused-ring (bicyclic) bond motifs is 4. The van der Waals surface area contributed by atoms with Crippen molar-refractivity contribution in [3.8, 4) is 0 Å². The van der Waals surface area contributed by atoms with Crippen LogP contribution in [-0.4, -0.2) is 34.6 Å². The van der Waals surface area contributed by atoms with Crippen LogP contribution in [0.4, 0.5) is 5.69 Å². The Morgan fingerprint density at radius 3 is 2.61 bits per heavy atom. The molecule has 0 saturated carbocycles. The zero-order valence-electron chi connectivity index (χ0n) is 17.6. The minimum atomic E-state index is -1.42. The average molecular weight is 488 g/mol. The Hall–Kier alpha value is -2.94. The van der Waals surface area contributed by atoms with Crippen LogP contribution in [0.15, 0.2) is 36.4 Å². The Bertz CT molecular complexity index is 1250. The number of nitrogens with zero attached hydrogens (tertiary/aromatic N) is 1. The summed E-state index contributed by atoms with van der Waals surface area (Å²) in [6.45, 7) is 1.79. The number of carbonyl (C=O) groups excluding carboxylic acids is 4. The molecule has 2 saturated heterocycles. The molecule has 0 unspecified atom stereocenters. The van der Waals surface area contributed by atoms with Gasteiger partial charge < -0.3 is 16.4 Å². The van der Waals surface area contributed by atoms with Gasteiger partial charge in [-0.2, -0.15) is 0 Å². The number of hydrogen-bond donors (Lipinski definition) is 3. The summed E-state index contributed by atoms with van der Waals surface area (Å²) in [5.41, 5.74) is 6.52. The van der Waals surface area contributed by atoms with E-state index in [-0.39, 0.29) is 13.0 Å². The van der Waals surface area contributed by atoms with Gasteiger partial charge in [-0.1, -0.05) is 41.4 Å². The Morgan fingerprint density at radius 2 is 1.91 bits per heavy atom. The fourth-order valence-corrected chi connectivity index (χ4v) is 6.09. The molecular weight excluding hydrogens is 467 g/mol. The molecule has 4 amide bonds. The summed E-state index contributed by atoms with van der Waals surface area (Å²) < 4.78 is 0. The average Bonchev–Trinajstić information content (AvgIpc) is 3.30. The summed E-state index contributed by atoms with van der Waals surface area (Å²) in [5.74, 6) is -3.83. The summed E-state index contributed by atoms with van der Waals surface area (Å²) in [6.07, 6.45) is -0.149. The third kappa shape index (κ3) is 3.08. The highest BCUT2D eigenvalue weighted by Gasteiger charge is 2.74. The molecule has 8 nitrogen and oxygen atoms in total. The van der Waals surface area contributed by atoms with Gasteiger partial charge >= 0.3 is 0 Å². The predicted octanol–water partition coefficient (Wildman–Crippen LogP) is 1.07. The Morgan fingerprint density at radius 1 is 1.18 bits per heavy atom. The first-order valence-corrected chi connectivity index (χ1v) is 11.3. The van der Waals surface area contributed by atoms with E-state index in [0.29, 0.717) is 26.9 Å². The maximum atomic E-state index is 13.7. The van der Waals surface area contributed by atoms with E-state index in [1.807, 2.05) is 6.92 Å². The summed E-state index contributed by atoms with van der Waals surface area (Å²) in [7, 11) is 0. The van der Waals surface area contributed by atoms with E-state index in [0.717, 1.165) is 10.5 Å². The minimum Gasteiger partial charge on any atom is -0.369 e. The van der Waals surface area contributed by atoms with Gasteiger partial charge in [0.1, 0.15) is 17.9 Å². The van der Waals surface area contributed by atoms with Gasteiger partial charge in [-0.3, -0.25) is 24.1 Å². The lowest BCUT2D eigenvalue weighted by molar-refractivity contribution is -0.732. The molecule has 4 atom stereocenters. The Labute approximate surface area is 199 Å². The van der Waals surface area contributed by atoms with Gasteiger partial charge in [-0.05, 0) is 36.2 Å². The summed E-state index contributed by atoms with van der Waals surface area (Å²) in [5, 5.41) is 5.37. The van der Waals surface area contributed by atoms with Crippen molar-refractivity contribution in [3.63, 3.8) is 0 Å². The van der Waals surface area contributed by atoms with Crippen molar-refractivity contribution in [1.82, 2.24) is 4.90 Å². The molecular formula is C23H21Cl2N4O4+. The van der Waals surface area contributed by atoms with E-state index in [2.05, 4.69) is 5.32 Å². The number of benzene rings is 2. The summed E-state index contributed by atoms with van der Waals surface area (Å²) in [6, 6.07) is 9.64. The van der Waals surface area contributed by atoms with Crippen LogP contribution in [0.3, 0.4) is 0 Å². The third-order valence-electron chi connectivity index (χ3n) is 6.95. The quantitative estimate of drug-likeness (QED) is 0.557. The number of carbonyl (C=O) groups is 4. The standard InChI is InChI=1S/C23H20Cl2N4O4/c1-10-6-12(24)7-13-19(10)27-22(33)23(13)18-17(15(28-23)8-16(26)30)20(31)29(21(18)32)9-11-4-2-3-5-14(11)25/h2-7,15,17-18,28H,8-9H2,1H3,(H2,26,30)(H,27,33)/p+1/t15-,17+,18-,23-/m0/s1. The molecule has 5 rings (SSSR count). The molecule has 5 N–H and O–H groups in total. The van der Waals surface area contributed by atoms with Crippen LogP contribution in [0.1, 0.15) is 23.1 Å². The number of amides is 4. The SMILES string of the molecule is Cc1cc(Cl)cc2c1NC(=O)[C@]21[NH2+][C@@H](CC(N)=O)[C@H]2C(=O)N(Cc3ccccc3Cl)C(=O)[C@H]21. The van der Waals surface area contributed by atoms with Crippen LogP contribution in [-0.2, 0) is 31.3 Å². The zero-order valence-corrected chi connectivity index (χ0v) is 19.1. The lowest BCUT2D eigenvalue weighted by Crippen LogP contribution is -2.99. The number of anilines is 1. The molecule has 2 aromatic carbocycles. The summed E-state index contributed by atoms with van der Waals surface area (Å²) >= 11 is 12.6. The fourth-order valence-electron chi connectivity index (χ4n) is 5.63. The van der Waals surface area contributed by atoms with E-state index in [1.165, 1.54) is 0 Å². The second kappa shape index (κ2) is 7.55. The number of quaternary nitrogens is 1. The lowest BCUT2D eigenvalue weighted by Gasteiger charge is -2.26. The van der Waals surface area contributed by atoms with E-state index in [1.54, 1.807) is 41.7 Å². The molecule has 0 radical (unpaired) electrons. The minimum absolute atomic E-state index is 0.0211. The molecule has 170 valence electrons. The van der Waals surface area contributed by atoms with E-state index < -0.39 is 47.0 Å². The second-order valence-electron chi connectivity index (χ2n) is 8.83. The molecule has 3 aliphatic heterocycles. The molecule has 3 heterocycles. The maximum absolute atomic E-state index is 13.7. The summed E-state index contributed by atoms with van der Waals surface area (Å²) in [4.78, 5) is 53.7. The third-order valence-corrected chi connectivity index (χ3v) is 7.54. The Balaban J connectivity index is 1.64. The smallest absolute Gasteiger partial charge is 0.291 e. The second-order valence-corrected chi connectivity index (χ2v) is 9.67. The predicted molar refractivity (Wildman–Crippen MR) is 120 cm³/mol. The van der Waals surface area contributed by atoms with Gasteiger partial charge in [-0.25, -0.2) is 0 Å². The number of rotatable bonds is 4. The largest absolute Gasteiger partial charge is 0.369 e. The van der Waals surface area contributed by atoms with Crippen LogP contribution >= 0.6 is 23.2 Å². The number of hydrogen-bond acceptors (Lipinski definition) is 4. The molecule has 33 heavy (non-hydrogen) atoms. The highest BCUT2D eigenvalue weighted by Crippen LogP contribution is 2.51. The van der Waals surface area contributed by atoms with Gasteiger partial charge in [0.05, 0.1) is 18.7 Å². The number of halogens is 2.